The van der Waals surface area contributed by atoms with Gasteiger partial charge in [-0.25, -0.2) is 13.1 Å². The molecule has 1 aromatic rings. The lowest BCUT2D eigenvalue weighted by molar-refractivity contribution is 0.109. The Bertz CT molecular complexity index is 569. The van der Waals surface area contributed by atoms with Crippen LogP contribution in [0.5, 0.6) is 0 Å². The highest BCUT2D eigenvalue weighted by atomic mass is 79.9. The fourth-order valence-electron chi connectivity index (χ4n) is 2.35. The van der Waals surface area contributed by atoms with E-state index in [-0.39, 0.29) is 11.0 Å². The van der Waals surface area contributed by atoms with Crippen LogP contribution in [0, 0.1) is 5.92 Å². The minimum absolute atomic E-state index is 0.219. The number of benzene rings is 1. The van der Waals surface area contributed by atoms with Crippen LogP contribution in [0.4, 0.5) is 0 Å². The van der Waals surface area contributed by atoms with Gasteiger partial charge in [0.05, 0.1) is 11.0 Å². The van der Waals surface area contributed by atoms with E-state index in [0.29, 0.717) is 16.9 Å². The third kappa shape index (κ3) is 4.27. The van der Waals surface area contributed by atoms with E-state index in [1.54, 1.807) is 18.2 Å². The Labute approximate surface area is 136 Å². The van der Waals surface area contributed by atoms with Gasteiger partial charge in [-0.2, -0.15) is 0 Å². The van der Waals surface area contributed by atoms with Crippen LogP contribution in [-0.2, 0) is 10.0 Å². The average Bonchev–Trinajstić information content (AvgIpc) is 2.37. The van der Waals surface area contributed by atoms with Crippen LogP contribution in [-0.4, -0.2) is 26.2 Å². The van der Waals surface area contributed by atoms with Crippen LogP contribution in [0.1, 0.15) is 25.7 Å². The average molecular weight is 427 g/mol. The maximum absolute atomic E-state index is 12.3. The second-order valence-electron chi connectivity index (χ2n) is 5.10. The van der Waals surface area contributed by atoms with Gasteiger partial charge in [-0.1, -0.05) is 15.9 Å². The number of hydrogen-bond acceptors (Lipinski definition) is 3. The number of rotatable bonds is 4. The van der Waals surface area contributed by atoms with Crippen molar-refractivity contribution in [1.82, 2.24) is 4.72 Å². The summed E-state index contributed by atoms with van der Waals surface area (Å²) in [5, 5.41) is 9.45. The van der Waals surface area contributed by atoms with Gasteiger partial charge in [0, 0.05) is 15.5 Å². The van der Waals surface area contributed by atoms with Crippen LogP contribution in [0.15, 0.2) is 32.0 Å². The molecule has 7 heteroatoms. The van der Waals surface area contributed by atoms with Crippen molar-refractivity contribution in [2.45, 2.75) is 36.7 Å². The smallest absolute Gasteiger partial charge is 0.241 e. The first-order valence-electron chi connectivity index (χ1n) is 6.51. The Kier molecular flexibility index (Phi) is 5.64. The van der Waals surface area contributed by atoms with E-state index in [9.17, 15) is 13.5 Å². The van der Waals surface area contributed by atoms with Crippen LogP contribution in [0.25, 0.3) is 0 Å². The highest BCUT2D eigenvalue weighted by Crippen LogP contribution is 2.27. The van der Waals surface area contributed by atoms with E-state index >= 15 is 0 Å². The summed E-state index contributed by atoms with van der Waals surface area (Å²) in [7, 11) is -3.50. The number of aliphatic hydroxyl groups excluding tert-OH is 1. The van der Waals surface area contributed by atoms with Crippen molar-refractivity contribution in [3.05, 3.63) is 27.1 Å². The Hall–Kier alpha value is 0.0500. The van der Waals surface area contributed by atoms with Crippen LogP contribution in [0.2, 0.25) is 0 Å². The molecule has 0 unspecified atom stereocenters. The second-order valence-corrected chi connectivity index (χ2v) is 8.61. The van der Waals surface area contributed by atoms with Gasteiger partial charge in [-0.15, -0.1) is 0 Å². The minimum Gasteiger partial charge on any atom is -0.393 e. The summed E-state index contributed by atoms with van der Waals surface area (Å²) in [6, 6.07) is 4.99. The number of sulfonamides is 1. The zero-order chi connectivity index (χ0) is 14.8. The molecule has 2 rings (SSSR count). The summed E-state index contributed by atoms with van der Waals surface area (Å²) < 4.78 is 28.6. The molecule has 0 heterocycles. The maximum Gasteiger partial charge on any atom is 0.241 e. The van der Waals surface area contributed by atoms with E-state index < -0.39 is 10.0 Å². The monoisotopic (exact) mass is 425 g/mol. The van der Waals surface area contributed by atoms with Gasteiger partial charge < -0.3 is 5.11 Å². The lowest BCUT2D eigenvalue weighted by Gasteiger charge is -2.25. The standard InChI is InChI=1S/C13H17Br2NO3S/c14-10-3-6-13(12(15)7-10)20(18,19)16-8-9-1-4-11(17)5-2-9/h3,6-7,9,11,16-17H,1-2,4-5,8H2. The second kappa shape index (κ2) is 6.87. The van der Waals surface area contributed by atoms with Crippen molar-refractivity contribution in [3.63, 3.8) is 0 Å². The molecule has 0 aliphatic heterocycles. The molecule has 1 fully saturated rings. The van der Waals surface area contributed by atoms with Gasteiger partial charge in [0.15, 0.2) is 0 Å². The van der Waals surface area contributed by atoms with Gasteiger partial charge in [0.2, 0.25) is 10.0 Å². The summed E-state index contributed by atoms with van der Waals surface area (Å²) in [5.74, 6) is 0.308. The van der Waals surface area contributed by atoms with Gasteiger partial charge in [-0.3, -0.25) is 0 Å². The lowest BCUT2D eigenvalue weighted by atomic mass is 9.88. The SMILES string of the molecule is O=S(=O)(NCC1CCC(O)CC1)c1ccc(Br)cc1Br. The van der Waals surface area contributed by atoms with E-state index in [4.69, 9.17) is 0 Å². The van der Waals surface area contributed by atoms with E-state index in [1.165, 1.54) is 0 Å². The Morgan fingerprint density at radius 3 is 2.45 bits per heavy atom. The van der Waals surface area contributed by atoms with Gasteiger partial charge in [-0.05, 0) is 65.7 Å². The van der Waals surface area contributed by atoms with Crippen LogP contribution in [0.3, 0.4) is 0 Å². The molecule has 0 aromatic heterocycles. The Balaban J connectivity index is 2.00. The molecule has 0 spiro atoms. The lowest BCUT2D eigenvalue weighted by Crippen LogP contribution is -2.32. The molecule has 1 aliphatic carbocycles. The molecule has 2 N–H and O–H groups in total. The number of aliphatic hydroxyl groups is 1. The summed E-state index contributed by atoms with van der Waals surface area (Å²) in [5.41, 5.74) is 0. The number of nitrogens with one attached hydrogen (secondary N) is 1. The van der Waals surface area contributed by atoms with E-state index in [2.05, 4.69) is 36.6 Å². The first kappa shape index (κ1) is 16.4. The first-order chi connectivity index (χ1) is 9.38. The Morgan fingerprint density at radius 1 is 1.20 bits per heavy atom. The molecule has 1 saturated carbocycles. The maximum atomic E-state index is 12.3. The Morgan fingerprint density at radius 2 is 1.85 bits per heavy atom. The molecule has 0 saturated heterocycles. The third-order valence-corrected chi connectivity index (χ3v) is 6.46. The highest BCUT2D eigenvalue weighted by molar-refractivity contribution is 9.11. The van der Waals surface area contributed by atoms with Crippen LogP contribution >= 0.6 is 31.9 Å². The minimum atomic E-state index is -3.50. The number of hydrogen-bond donors (Lipinski definition) is 2. The van der Waals surface area contributed by atoms with Crippen molar-refractivity contribution in [2.75, 3.05) is 6.54 Å². The first-order valence-corrected chi connectivity index (χ1v) is 9.58. The molecule has 0 bridgehead atoms. The van der Waals surface area contributed by atoms with Crippen molar-refractivity contribution < 1.29 is 13.5 Å². The normalized spacial score (nSPS) is 23.8. The molecule has 1 aromatic carbocycles. The van der Waals surface area contributed by atoms with Crippen molar-refractivity contribution in [1.29, 1.82) is 0 Å². The summed E-state index contributed by atoms with van der Waals surface area (Å²) in [6.45, 7) is 0.428. The van der Waals surface area contributed by atoms with E-state index in [1.807, 2.05) is 0 Å². The van der Waals surface area contributed by atoms with Gasteiger partial charge in [0.25, 0.3) is 0 Å². The third-order valence-electron chi connectivity index (χ3n) is 3.56. The predicted octanol–water partition coefficient (Wildman–Crippen LogP) is 3.04. The topological polar surface area (TPSA) is 66.4 Å². The molecule has 20 heavy (non-hydrogen) atoms. The highest BCUT2D eigenvalue weighted by Gasteiger charge is 2.23. The summed E-state index contributed by atoms with van der Waals surface area (Å²) >= 11 is 6.58. The quantitative estimate of drug-likeness (QED) is 0.777. The van der Waals surface area contributed by atoms with Crippen LogP contribution < -0.4 is 4.72 Å². The van der Waals surface area contributed by atoms with Gasteiger partial charge in [0.1, 0.15) is 0 Å². The molecular formula is C13H17Br2NO3S. The molecule has 0 amide bonds. The van der Waals surface area contributed by atoms with Crippen molar-refractivity contribution in [3.8, 4) is 0 Å². The summed E-state index contributed by atoms with van der Waals surface area (Å²) in [4.78, 5) is 0.247. The fourth-order valence-corrected chi connectivity index (χ4v) is 5.21. The molecular weight excluding hydrogens is 410 g/mol. The van der Waals surface area contributed by atoms with Crippen molar-refractivity contribution >= 4 is 41.9 Å². The molecule has 4 nitrogen and oxygen atoms in total. The molecule has 1 aliphatic rings. The fraction of sp³-hybridized carbons (Fsp3) is 0.538. The molecule has 0 atom stereocenters. The zero-order valence-corrected chi connectivity index (χ0v) is 14.8. The molecule has 0 radical (unpaired) electrons. The number of halogens is 2. The predicted molar refractivity (Wildman–Crippen MR) is 85.0 cm³/mol. The van der Waals surface area contributed by atoms with E-state index in [0.717, 1.165) is 30.2 Å². The van der Waals surface area contributed by atoms with Gasteiger partial charge >= 0.3 is 0 Å². The van der Waals surface area contributed by atoms with Crippen molar-refractivity contribution in [2.24, 2.45) is 5.92 Å². The largest absolute Gasteiger partial charge is 0.393 e. The molecule has 112 valence electrons. The summed E-state index contributed by atoms with van der Waals surface area (Å²) in [6.07, 6.45) is 3.03. The zero-order valence-electron chi connectivity index (χ0n) is 10.9.